The van der Waals surface area contributed by atoms with Crippen molar-refractivity contribution >= 4 is 11.6 Å². The zero-order chi connectivity index (χ0) is 17.9. The highest BCUT2D eigenvalue weighted by atomic mass is 16.1. The zero-order valence-electron chi connectivity index (χ0n) is 15.5. The first kappa shape index (κ1) is 17.7. The van der Waals surface area contributed by atoms with Gasteiger partial charge in [-0.15, -0.1) is 0 Å². The molecule has 1 aliphatic carbocycles. The molecule has 0 aromatic heterocycles. The number of quaternary nitrogens is 1. The van der Waals surface area contributed by atoms with Crippen LogP contribution in [-0.2, 0) is 16.6 Å². The summed E-state index contributed by atoms with van der Waals surface area (Å²) in [4.78, 5) is 12.3. The van der Waals surface area contributed by atoms with Crippen LogP contribution in [0.5, 0.6) is 0 Å². The highest BCUT2D eigenvalue weighted by Gasteiger charge is 2.23. The van der Waals surface area contributed by atoms with E-state index in [2.05, 4.69) is 67.8 Å². The molecule has 0 bridgehead atoms. The first-order chi connectivity index (χ1) is 11.9. The molecule has 1 amide bonds. The molecule has 0 fully saturated rings. The Hall–Kier alpha value is -2.13. The van der Waals surface area contributed by atoms with E-state index in [9.17, 15) is 4.79 Å². The molecule has 132 valence electrons. The molecule has 0 saturated carbocycles. The van der Waals surface area contributed by atoms with Crippen LogP contribution in [0.15, 0.2) is 48.5 Å². The van der Waals surface area contributed by atoms with E-state index in [4.69, 9.17) is 0 Å². The molecule has 0 saturated heterocycles. The number of anilines is 1. The maximum atomic E-state index is 12.3. The summed E-state index contributed by atoms with van der Waals surface area (Å²) >= 11 is 0. The lowest BCUT2D eigenvalue weighted by atomic mass is 9.87. The van der Waals surface area contributed by atoms with Crippen molar-refractivity contribution < 1.29 is 10.1 Å². The highest BCUT2D eigenvalue weighted by molar-refractivity contribution is 5.91. The molecule has 2 aromatic rings. The summed E-state index contributed by atoms with van der Waals surface area (Å²) in [6, 6.07) is 17.2. The largest absolute Gasteiger partial charge is 0.332 e. The third-order valence-corrected chi connectivity index (χ3v) is 5.04. The molecule has 1 aliphatic rings. The molecule has 0 radical (unpaired) electrons. The van der Waals surface area contributed by atoms with E-state index in [-0.39, 0.29) is 11.3 Å². The van der Waals surface area contributed by atoms with E-state index < -0.39 is 0 Å². The number of nitrogens with one attached hydrogen (secondary N) is 1. The van der Waals surface area contributed by atoms with Crippen LogP contribution in [0.25, 0.3) is 0 Å². The second-order valence-corrected chi connectivity index (χ2v) is 8.01. The Morgan fingerprint density at radius 3 is 2.56 bits per heavy atom. The lowest BCUT2D eigenvalue weighted by molar-refractivity contribution is -0.687. The molecule has 0 spiro atoms. The number of amides is 1. The van der Waals surface area contributed by atoms with Crippen molar-refractivity contribution in [2.75, 3.05) is 11.9 Å². The van der Waals surface area contributed by atoms with Gasteiger partial charge in [-0.25, -0.2) is 0 Å². The molecule has 3 nitrogen and oxygen atoms in total. The van der Waals surface area contributed by atoms with Crippen molar-refractivity contribution in [2.45, 2.75) is 51.5 Å². The average molecular weight is 337 g/mol. The first-order valence-corrected chi connectivity index (χ1v) is 9.25. The Labute approximate surface area is 150 Å². The minimum absolute atomic E-state index is 0.0616. The number of carbonyl (C=O) groups is 1. The number of aryl methyl sites for hydroxylation is 1. The van der Waals surface area contributed by atoms with Gasteiger partial charge in [-0.3, -0.25) is 4.79 Å². The topological polar surface area (TPSA) is 45.7 Å². The van der Waals surface area contributed by atoms with E-state index in [1.165, 1.54) is 23.1 Å². The minimum Gasteiger partial charge on any atom is -0.332 e. The number of carbonyl (C=O) groups excluding carboxylic acids is 1. The van der Waals surface area contributed by atoms with Crippen LogP contribution in [0.1, 0.15) is 56.3 Å². The van der Waals surface area contributed by atoms with Crippen molar-refractivity contribution in [1.29, 1.82) is 0 Å². The second-order valence-electron chi connectivity index (χ2n) is 8.01. The Morgan fingerprint density at radius 2 is 1.84 bits per heavy atom. The Balaban J connectivity index is 1.55. The fourth-order valence-electron chi connectivity index (χ4n) is 3.55. The molecule has 0 heterocycles. The van der Waals surface area contributed by atoms with E-state index in [1.807, 2.05) is 12.1 Å². The van der Waals surface area contributed by atoms with Gasteiger partial charge in [0.1, 0.15) is 6.04 Å². The predicted octanol–water partition coefficient (Wildman–Crippen LogP) is 3.56. The lowest BCUT2D eigenvalue weighted by Gasteiger charge is -2.23. The molecule has 3 rings (SSSR count). The van der Waals surface area contributed by atoms with Gasteiger partial charge in [0.25, 0.3) is 5.91 Å². The molecule has 3 heteroatoms. The van der Waals surface area contributed by atoms with Crippen molar-refractivity contribution in [3.8, 4) is 0 Å². The van der Waals surface area contributed by atoms with Crippen LogP contribution in [-0.4, -0.2) is 12.5 Å². The van der Waals surface area contributed by atoms with Gasteiger partial charge < -0.3 is 10.6 Å². The van der Waals surface area contributed by atoms with Crippen molar-refractivity contribution in [3.05, 3.63) is 65.2 Å². The third-order valence-electron chi connectivity index (χ3n) is 5.04. The van der Waals surface area contributed by atoms with Crippen LogP contribution in [0, 0.1) is 0 Å². The smallest absolute Gasteiger partial charge is 0.279 e. The van der Waals surface area contributed by atoms with Crippen molar-refractivity contribution in [1.82, 2.24) is 0 Å². The molecule has 3 N–H and O–H groups in total. The second kappa shape index (κ2) is 7.40. The number of rotatable bonds is 4. The van der Waals surface area contributed by atoms with Crippen LogP contribution in [0.3, 0.4) is 0 Å². The monoisotopic (exact) mass is 337 g/mol. The van der Waals surface area contributed by atoms with Crippen LogP contribution in [0.2, 0.25) is 0 Å². The molecule has 2 aromatic carbocycles. The molecule has 0 unspecified atom stereocenters. The maximum absolute atomic E-state index is 12.3. The third kappa shape index (κ3) is 4.49. The van der Waals surface area contributed by atoms with Crippen LogP contribution in [0.4, 0.5) is 5.69 Å². The van der Waals surface area contributed by atoms with Crippen molar-refractivity contribution in [3.63, 3.8) is 0 Å². The van der Waals surface area contributed by atoms with Gasteiger partial charge in [0.15, 0.2) is 6.54 Å². The van der Waals surface area contributed by atoms with Gasteiger partial charge in [-0.2, -0.15) is 0 Å². The quantitative estimate of drug-likeness (QED) is 0.880. The summed E-state index contributed by atoms with van der Waals surface area (Å²) < 4.78 is 0. The fourth-order valence-corrected chi connectivity index (χ4v) is 3.55. The number of hydrogen-bond donors (Lipinski definition) is 2. The summed E-state index contributed by atoms with van der Waals surface area (Å²) in [5.74, 6) is 0.0616. The first-order valence-electron chi connectivity index (χ1n) is 9.25. The van der Waals surface area contributed by atoms with E-state index >= 15 is 0 Å². The van der Waals surface area contributed by atoms with Gasteiger partial charge in [0, 0.05) is 17.7 Å². The van der Waals surface area contributed by atoms with Gasteiger partial charge in [-0.1, -0.05) is 57.2 Å². The van der Waals surface area contributed by atoms with Crippen LogP contribution >= 0.6 is 0 Å². The molecular formula is C22H29N2O+. The standard InChI is InChI=1S/C22H28N2O/c1-22(2,3)17-11-13-18(14-12-17)24-21(25)15-23-20-10-6-8-16-7-4-5-9-19(16)20/h4-5,7,9,11-14,20,23H,6,8,10,15H2,1-3H3,(H,24,25)/p+1/t20-/m1/s1. The van der Waals surface area contributed by atoms with E-state index in [0.717, 1.165) is 18.5 Å². The molecule has 0 aliphatic heterocycles. The number of nitrogens with two attached hydrogens (primary N) is 1. The zero-order valence-corrected chi connectivity index (χ0v) is 15.5. The number of hydrogen-bond acceptors (Lipinski definition) is 1. The van der Waals surface area contributed by atoms with Crippen LogP contribution < -0.4 is 10.6 Å². The normalized spacial score (nSPS) is 17.0. The summed E-state index contributed by atoms with van der Waals surface area (Å²) in [5.41, 5.74) is 5.11. The molecular weight excluding hydrogens is 308 g/mol. The molecule has 25 heavy (non-hydrogen) atoms. The minimum atomic E-state index is 0.0616. The lowest BCUT2D eigenvalue weighted by Crippen LogP contribution is -2.87. The Kier molecular flexibility index (Phi) is 5.24. The summed E-state index contributed by atoms with van der Waals surface area (Å²) in [5, 5.41) is 5.19. The summed E-state index contributed by atoms with van der Waals surface area (Å²) in [6.07, 6.45) is 3.51. The highest BCUT2D eigenvalue weighted by Crippen LogP contribution is 2.26. The Morgan fingerprint density at radius 1 is 1.12 bits per heavy atom. The average Bonchev–Trinajstić information content (AvgIpc) is 2.59. The molecule has 1 atom stereocenters. The van der Waals surface area contributed by atoms with Gasteiger partial charge in [0.2, 0.25) is 0 Å². The maximum Gasteiger partial charge on any atom is 0.279 e. The van der Waals surface area contributed by atoms with Gasteiger partial charge >= 0.3 is 0 Å². The predicted molar refractivity (Wildman–Crippen MR) is 103 cm³/mol. The SMILES string of the molecule is CC(C)(C)c1ccc(NC(=O)C[NH2+][C@@H]2CCCc3ccccc32)cc1. The van der Waals surface area contributed by atoms with E-state index in [0.29, 0.717) is 12.6 Å². The summed E-state index contributed by atoms with van der Waals surface area (Å²) in [6.45, 7) is 7.03. The summed E-state index contributed by atoms with van der Waals surface area (Å²) in [7, 11) is 0. The van der Waals surface area contributed by atoms with E-state index in [1.54, 1.807) is 0 Å². The Bertz CT molecular complexity index is 728. The van der Waals surface area contributed by atoms with Crippen molar-refractivity contribution in [2.24, 2.45) is 0 Å². The number of fused-ring (bicyclic) bond motifs is 1. The van der Waals surface area contributed by atoms with Gasteiger partial charge in [0.05, 0.1) is 0 Å². The number of benzene rings is 2. The fraction of sp³-hybridized carbons (Fsp3) is 0.409. The van der Waals surface area contributed by atoms with Gasteiger partial charge in [-0.05, 0) is 41.5 Å².